The maximum absolute atomic E-state index is 5.24. The van der Waals surface area contributed by atoms with Crippen molar-refractivity contribution in [2.75, 3.05) is 7.11 Å². The molecule has 126 valence electrons. The molecule has 3 aromatic carbocycles. The van der Waals surface area contributed by atoms with Crippen molar-refractivity contribution < 1.29 is 4.74 Å². The van der Waals surface area contributed by atoms with Crippen LogP contribution < -0.4 is 4.74 Å². The molecule has 0 amide bonds. The first kappa shape index (κ1) is 16.0. The quantitative estimate of drug-likeness (QED) is 0.531. The van der Waals surface area contributed by atoms with Gasteiger partial charge in [0.2, 0.25) is 0 Å². The van der Waals surface area contributed by atoms with Crippen molar-refractivity contribution in [2.45, 2.75) is 0 Å². The normalized spacial score (nSPS) is 10.5. The van der Waals surface area contributed by atoms with E-state index in [4.69, 9.17) is 14.7 Å². The van der Waals surface area contributed by atoms with Crippen LogP contribution in [0.4, 0.5) is 0 Å². The van der Waals surface area contributed by atoms with E-state index in [9.17, 15) is 0 Å². The number of ether oxygens (including phenoxy) is 1. The van der Waals surface area contributed by atoms with Gasteiger partial charge < -0.3 is 4.74 Å². The van der Waals surface area contributed by atoms with E-state index in [0.29, 0.717) is 17.5 Å². The molecule has 0 saturated carbocycles. The molecule has 4 rings (SSSR count). The molecule has 4 heteroatoms. The fourth-order valence-corrected chi connectivity index (χ4v) is 2.68. The molecule has 0 fully saturated rings. The van der Waals surface area contributed by atoms with Gasteiger partial charge in [-0.15, -0.1) is 0 Å². The molecule has 0 bridgehead atoms. The van der Waals surface area contributed by atoms with Crippen LogP contribution >= 0.6 is 0 Å². The third kappa shape index (κ3) is 3.30. The highest BCUT2D eigenvalue weighted by Crippen LogP contribution is 2.25. The van der Waals surface area contributed by atoms with Gasteiger partial charge in [-0.05, 0) is 24.3 Å². The van der Waals surface area contributed by atoms with Gasteiger partial charge in [-0.3, -0.25) is 0 Å². The van der Waals surface area contributed by atoms with Crippen LogP contribution in [-0.2, 0) is 0 Å². The second-order valence-corrected chi connectivity index (χ2v) is 5.77. The molecule has 1 aromatic heterocycles. The van der Waals surface area contributed by atoms with Gasteiger partial charge in [0.05, 0.1) is 7.11 Å². The molecule has 0 radical (unpaired) electrons. The van der Waals surface area contributed by atoms with Gasteiger partial charge >= 0.3 is 0 Å². The fourth-order valence-electron chi connectivity index (χ4n) is 2.68. The number of hydrogen-bond acceptors (Lipinski definition) is 4. The first-order valence-corrected chi connectivity index (χ1v) is 8.35. The van der Waals surface area contributed by atoms with E-state index >= 15 is 0 Å². The van der Waals surface area contributed by atoms with Crippen molar-refractivity contribution >= 4 is 0 Å². The Labute approximate surface area is 152 Å². The van der Waals surface area contributed by atoms with Crippen LogP contribution in [0, 0.1) is 0 Å². The van der Waals surface area contributed by atoms with Crippen LogP contribution in [0.3, 0.4) is 0 Å². The lowest BCUT2D eigenvalue weighted by Crippen LogP contribution is -2.00. The minimum Gasteiger partial charge on any atom is -0.497 e. The number of benzene rings is 3. The zero-order valence-electron chi connectivity index (χ0n) is 14.3. The lowest BCUT2D eigenvalue weighted by molar-refractivity contribution is 0.415. The molecular formula is C22H17N3O. The topological polar surface area (TPSA) is 47.9 Å². The molecule has 0 aliphatic rings. The van der Waals surface area contributed by atoms with Gasteiger partial charge in [-0.25, -0.2) is 15.0 Å². The summed E-state index contributed by atoms with van der Waals surface area (Å²) in [5, 5.41) is 0. The van der Waals surface area contributed by atoms with E-state index in [2.05, 4.69) is 4.98 Å². The Balaban J connectivity index is 1.87. The average Bonchev–Trinajstić information content (AvgIpc) is 2.75. The van der Waals surface area contributed by atoms with Crippen LogP contribution in [0.2, 0.25) is 0 Å². The summed E-state index contributed by atoms with van der Waals surface area (Å²) in [7, 11) is 1.65. The molecule has 4 nitrogen and oxygen atoms in total. The minimum absolute atomic E-state index is 0.639. The molecular weight excluding hydrogens is 322 g/mol. The summed E-state index contributed by atoms with van der Waals surface area (Å²) in [6.07, 6.45) is 0. The Morgan fingerprint density at radius 2 is 0.885 bits per heavy atom. The Bertz CT molecular complexity index is 943. The van der Waals surface area contributed by atoms with Gasteiger partial charge in [0.15, 0.2) is 17.5 Å². The predicted molar refractivity (Wildman–Crippen MR) is 103 cm³/mol. The maximum atomic E-state index is 5.24. The lowest BCUT2D eigenvalue weighted by Gasteiger charge is -2.08. The van der Waals surface area contributed by atoms with Gasteiger partial charge in [0.25, 0.3) is 0 Å². The molecule has 0 aliphatic heterocycles. The van der Waals surface area contributed by atoms with Crippen LogP contribution in [0.5, 0.6) is 5.75 Å². The molecule has 1 heterocycles. The second kappa shape index (κ2) is 7.15. The molecule has 0 saturated heterocycles. The lowest BCUT2D eigenvalue weighted by atomic mass is 10.1. The molecule has 0 unspecified atom stereocenters. The smallest absolute Gasteiger partial charge is 0.164 e. The third-order valence-electron chi connectivity index (χ3n) is 4.05. The number of rotatable bonds is 4. The summed E-state index contributed by atoms with van der Waals surface area (Å²) in [6, 6.07) is 27.6. The summed E-state index contributed by atoms with van der Waals surface area (Å²) in [5.41, 5.74) is 2.84. The number of aromatic nitrogens is 3. The van der Waals surface area contributed by atoms with E-state index in [0.717, 1.165) is 22.4 Å². The van der Waals surface area contributed by atoms with E-state index in [1.807, 2.05) is 84.9 Å². The third-order valence-corrected chi connectivity index (χ3v) is 4.05. The van der Waals surface area contributed by atoms with Crippen LogP contribution in [0.15, 0.2) is 84.9 Å². The van der Waals surface area contributed by atoms with E-state index < -0.39 is 0 Å². The first-order valence-electron chi connectivity index (χ1n) is 8.35. The van der Waals surface area contributed by atoms with E-state index in [-0.39, 0.29) is 0 Å². The zero-order valence-corrected chi connectivity index (χ0v) is 14.3. The maximum Gasteiger partial charge on any atom is 0.164 e. The molecule has 0 spiro atoms. The Hall–Kier alpha value is -3.53. The SMILES string of the molecule is COc1ccc(-c2nc(-c3ccccc3)nc(-c3ccccc3)n2)cc1. The summed E-state index contributed by atoms with van der Waals surface area (Å²) >= 11 is 0. The Morgan fingerprint density at radius 1 is 0.500 bits per heavy atom. The van der Waals surface area contributed by atoms with Crippen molar-refractivity contribution in [1.82, 2.24) is 15.0 Å². The number of hydrogen-bond donors (Lipinski definition) is 0. The van der Waals surface area contributed by atoms with Crippen molar-refractivity contribution in [3.8, 4) is 39.9 Å². The highest BCUT2D eigenvalue weighted by molar-refractivity contribution is 5.66. The highest BCUT2D eigenvalue weighted by Gasteiger charge is 2.11. The largest absolute Gasteiger partial charge is 0.497 e. The number of methoxy groups -OCH3 is 1. The standard InChI is InChI=1S/C22H17N3O/c1-26-19-14-12-18(13-15-19)22-24-20(16-8-4-2-5-9-16)23-21(25-22)17-10-6-3-7-11-17/h2-15H,1H3. The van der Waals surface area contributed by atoms with Gasteiger partial charge in [0.1, 0.15) is 5.75 Å². The minimum atomic E-state index is 0.639. The average molecular weight is 339 g/mol. The molecule has 4 aromatic rings. The fraction of sp³-hybridized carbons (Fsp3) is 0.0455. The summed E-state index contributed by atoms with van der Waals surface area (Å²) in [5.74, 6) is 2.75. The zero-order chi connectivity index (χ0) is 17.8. The van der Waals surface area contributed by atoms with Crippen molar-refractivity contribution in [3.63, 3.8) is 0 Å². The first-order chi connectivity index (χ1) is 12.8. The highest BCUT2D eigenvalue weighted by atomic mass is 16.5. The van der Waals surface area contributed by atoms with Crippen LogP contribution in [0.1, 0.15) is 0 Å². The van der Waals surface area contributed by atoms with Crippen LogP contribution in [0.25, 0.3) is 34.2 Å². The monoisotopic (exact) mass is 339 g/mol. The van der Waals surface area contributed by atoms with Crippen molar-refractivity contribution in [2.24, 2.45) is 0 Å². The van der Waals surface area contributed by atoms with E-state index in [1.165, 1.54) is 0 Å². The van der Waals surface area contributed by atoms with Crippen molar-refractivity contribution in [3.05, 3.63) is 84.9 Å². The van der Waals surface area contributed by atoms with Gasteiger partial charge in [-0.2, -0.15) is 0 Å². The predicted octanol–water partition coefficient (Wildman–Crippen LogP) is 4.88. The summed E-state index contributed by atoms with van der Waals surface area (Å²) in [6.45, 7) is 0. The second-order valence-electron chi connectivity index (χ2n) is 5.77. The molecule has 0 atom stereocenters. The van der Waals surface area contributed by atoms with Crippen LogP contribution in [-0.4, -0.2) is 22.1 Å². The molecule has 0 aliphatic carbocycles. The summed E-state index contributed by atoms with van der Waals surface area (Å²) < 4.78 is 5.24. The Morgan fingerprint density at radius 3 is 1.27 bits per heavy atom. The van der Waals surface area contributed by atoms with Crippen molar-refractivity contribution in [1.29, 1.82) is 0 Å². The Kier molecular flexibility index (Phi) is 4.39. The van der Waals surface area contributed by atoms with E-state index in [1.54, 1.807) is 7.11 Å². The van der Waals surface area contributed by atoms with Gasteiger partial charge in [-0.1, -0.05) is 60.7 Å². The molecule has 0 N–H and O–H groups in total. The molecule has 26 heavy (non-hydrogen) atoms. The number of nitrogens with zero attached hydrogens (tertiary/aromatic N) is 3. The van der Waals surface area contributed by atoms with Gasteiger partial charge in [0, 0.05) is 16.7 Å². The summed E-state index contributed by atoms with van der Waals surface area (Å²) in [4.78, 5) is 14.1.